The largest absolute Gasteiger partial charge is 0.508 e. The molecule has 0 radical (unpaired) electrons. The molecule has 28 heavy (non-hydrogen) atoms. The van der Waals surface area contributed by atoms with Gasteiger partial charge in [-0.1, -0.05) is 32.8 Å². The number of fused-ring (bicyclic) bond motifs is 7. The molecule has 0 heterocycles. The van der Waals surface area contributed by atoms with Crippen LogP contribution in [0.2, 0.25) is 0 Å². The minimum Gasteiger partial charge on any atom is -0.508 e. The van der Waals surface area contributed by atoms with Gasteiger partial charge in [-0.15, -0.1) is 0 Å². The van der Waals surface area contributed by atoms with Crippen molar-refractivity contribution in [2.45, 2.75) is 89.3 Å². The Morgan fingerprint density at radius 1 is 1.18 bits per heavy atom. The Kier molecular flexibility index (Phi) is 4.38. The molecule has 0 spiro atoms. The molecule has 3 nitrogen and oxygen atoms in total. The van der Waals surface area contributed by atoms with E-state index in [1.165, 1.54) is 24.0 Å². The standard InChI is InChI=1S/C25H36O3/c1-3-4-15-11-16-12-18(26)7-8-20(16)21-9-10-24(2)22(23(15)21)13-17-5-6-19(27)14-25(17,24)28/h7-8,12,15,17,19,21-23,26-28H,3-6,9-11,13-14H2,1-2H3/t15-,17-,19+,21-,22+,23-,24+,25-/m1/s1. The molecule has 3 N–H and O–H groups in total. The van der Waals surface area contributed by atoms with Crippen molar-refractivity contribution >= 4 is 0 Å². The summed E-state index contributed by atoms with van der Waals surface area (Å²) in [6, 6.07) is 6.04. The Balaban J connectivity index is 1.57. The molecule has 0 unspecified atom stereocenters. The molecule has 0 saturated heterocycles. The third kappa shape index (κ3) is 2.48. The Morgan fingerprint density at radius 3 is 2.79 bits per heavy atom. The highest BCUT2D eigenvalue weighted by Gasteiger charge is 2.67. The highest BCUT2D eigenvalue weighted by atomic mass is 16.3. The normalized spacial score (nSPS) is 47.0. The molecule has 5 rings (SSSR count). The highest BCUT2D eigenvalue weighted by Crippen LogP contribution is 2.69. The summed E-state index contributed by atoms with van der Waals surface area (Å²) in [6.45, 7) is 4.63. The summed E-state index contributed by atoms with van der Waals surface area (Å²) in [5, 5.41) is 32.3. The van der Waals surface area contributed by atoms with Crippen molar-refractivity contribution < 1.29 is 15.3 Å². The smallest absolute Gasteiger partial charge is 0.115 e. The van der Waals surface area contributed by atoms with Crippen LogP contribution in [-0.4, -0.2) is 27.0 Å². The number of hydrogen-bond donors (Lipinski definition) is 3. The average Bonchev–Trinajstić information content (AvgIpc) is 2.88. The van der Waals surface area contributed by atoms with E-state index in [0.29, 0.717) is 41.8 Å². The van der Waals surface area contributed by atoms with Crippen LogP contribution in [-0.2, 0) is 6.42 Å². The molecule has 4 aliphatic carbocycles. The van der Waals surface area contributed by atoms with E-state index < -0.39 is 5.60 Å². The van der Waals surface area contributed by atoms with Gasteiger partial charge in [0.2, 0.25) is 0 Å². The number of benzene rings is 1. The summed E-state index contributed by atoms with van der Waals surface area (Å²) < 4.78 is 0. The Hall–Kier alpha value is -1.06. The van der Waals surface area contributed by atoms with Crippen LogP contribution in [0.1, 0.15) is 82.3 Å². The van der Waals surface area contributed by atoms with Gasteiger partial charge in [-0.3, -0.25) is 0 Å². The lowest BCUT2D eigenvalue weighted by atomic mass is 9.49. The zero-order chi connectivity index (χ0) is 19.7. The van der Waals surface area contributed by atoms with Gasteiger partial charge in [-0.05, 0) is 96.8 Å². The molecule has 1 aromatic rings. The van der Waals surface area contributed by atoms with Gasteiger partial charge < -0.3 is 15.3 Å². The number of phenols is 1. The van der Waals surface area contributed by atoms with E-state index in [0.717, 1.165) is 38.5 Å². The quantitative estimate of drug-likeness (QED) is 0.688. The summed E-state index contributed by atoms with van der Waals surface area (Å²) in [4.78, 5) is 0. The topological polar surface area (TPSA) is 60.7 Å². The van der Waals surface area contributed by atoms with Gasteiger partial charge >= 0.3 is 0 Å². The molecule has 4 aliphatic rings. The predicted octanol–water partition coefficient (Wildman–Crippen LogP) is 4.78. The van der Waals surface area contributed by atoms with E-state index in [-0.39, 0.29) is 11.5 Å². The fraction of sp³-hybridized carbons (Fsp3) is 0.760. The second-order valence-electron chi connectivity index (χ2n) is 10.7. The van der Waals surface area contributed by atoms with Crippen molar-refractivity contribution in [2.24, 2.45) is 29.1 Å². The lowest BCUT2D eigenvalue weighted by molar-refractivity contribution is -0.160. The first-order chi connectivity index (χ1) is 13.4. The van der Waals surface area contributed by atoms with E-state index in [4.69, 9.17) is 0 Å². The van der Waals surface area contributed by atoms with Gasteiger partial charge in [0, 0.05) is 6.42 Å². The van der Waals surface area contributed by atoms with E-state index in [1.54, 1.807) is 0 Å². The number of aromatic hydroxyl groups is 1. The lowest BCUT2D eigenvalue weighted by Gasteiger charge is -2.56. The number of rotatable bonds is 2. The SMILES string of the molecule is CCC[C@@H]1Cc2cc(O)ccc2[C@H]2CC[C@@]3(C)[C@@H](C[C@H]4CC[C@H](O)C[C@@]43O)[C@H]12. The van der Waals surface area contributed by atoms with Crippen LogP contribution in [0.4, 0.5) is 0 Å². The molecule has 0 amide bonds. The molecule has 1 aromatic carbocycles. The molecule has 3 heteroatoms. The molecule has 8 atom stereocenters. The van der Waals surface area contributed by atoms with Gasteiger partial charge in [-0.25, -0.2) is 0 Å². The molecule has 0 aromatic heterocycles. The Morgan fingerprint density at radius 2 is 2.00 bits per heavy atom. The second-order valence-corrected chi connectivity index (χ2v) is 10.7. The summed E-state index contributed by atoms with van der Waals surface area (Å²) in [5.41, 5.74) is 2.05. The number of hydrogen-bond acceptors (Lipinski definition) is 3. The maximum Gasteiger partial charge on any atom is 0.115 e. The minimum absolute atomic E-state index is 0.0688. The number of aliphatic hydroxyl groups excluding tert-OH is 1. The van der Waals surface area contributed by atoms with Gasteiger partial charge in [0.1, 0.15) is 5.75 Å². The number of aliphatic hydroxyl groups is 2. The van der Waals surface area contributed by atoms with Crippen LogP contribution < -0.4 is 0 Å². The van der Waals surface area contributed by atoms with Crippen molar-refractivity contribution in [1.82, 2.24) is 0 Å². The summed E-state index contributed by atoms with van der Waals surface area (Å²) in [6.07, 6.45) is 8.87. The zero-order valence-electron chi connectivity index (χ0n) is 17.4. The zero-order valence-corrected chi connectivity index (χ0v) is 17.4. The van der Waals surface area contributed by atoms with E-state index in [9.17, 15) is 15.3 Å². The second kappa shape index (κ2) is 6.47. The van der Waals surface area contributed by atoms with Gasteiger partial charge in [0.15, 0.2) is 0 Å². The first-order valence-electron chi connectivity index (χ1n) is 11.6. The molecule has 0 bridgehead atoms. The lowest BCUT2D eigenvalue weighted by Crippen LogP contribution is -2.56. The third-order valence-corrected chi connectivity index (χ3v) is 9.53. The van der Waals surface area contributed by atoms with E-state index >= 15 is 0 Å². The van der Waals surface area contributed by atoms with Crippen LogP contribution in [0.25, 0.3) is 0 Å². The summed E-state index contributed by atoms with van der Waals surface area (Å²) >= 11 is 0. The van der Waals surface area contributed by atoms with Crippen LogP contribution in [0.15, 0.2) is 18.2 Å². The summed E-state index contributed by atoms with van der Waals surface area (Å²) in [7, 11) is 0. The maximum atomic E-state index is 11.9. The minimum atomic E-state index is -0.688. The van der Waals surface area contributed by atoms with Crippen LogP contribution >= 0.6 is 0 Å². The monoisotopic (exact) mass is 384 g/mol. The van der Waals surface area contributed by atoms with Gasteiger partial charge in [-0.2, -0.15) is 0 Å². The Labute approximate surface area is 169 Å². The average molecular weight is 385 g/mol. The molecule has 154 valence electrons. The van der Waals surface area contributed by atoms with E-state index in [1.807, 2.05) is 12.1 Å². The molecule has 0 aliphatic heterocycles. The van der Waals surface area contributed by atoms with Gasteiger partial charge in [0.25, 0.3) is 0 Å². The molecular formula is C25H36O3. The van der Waals surface area contributed by atoms with Crippen molar-refractivity contribution in [1.29, 1.82) is 0 Å². The van der Waals surface area contributed by atoms with Crippen LogP contribution in [0.5, 0.6) is 5.75 Å². The van der Waals surface area contributed by atoms with Gasteiger partial charge in [0.05, 0.1) is 11.7 Å². The third-order valence-electron chi connectivity index (χ3n) is 9.53. The highest BCUT2D eigenvalue weighted by molar-refractivity contribution is 5.41. The molecule has 3 fully saturated rings. The molecule has 3 saturated carbocycles. The molecular weight excluding hydrogens is 348 g/mol. The predicted molar refractivity (Wildman–Crippen MR) is 110 cm³/mol. The van der Waals surface area contributed by atoms with Crippen molar-refractivity contribution in [2.75, 3.05) is 0 Å². The fourth-order valence-electron chi connectivity index (χ4n) is 8.31. The van der Waals surface area contributed by atoms with Crippen molar-refractivity contribution in [3.8, 4) is 5.75 Å². The van der Waals surface area contributed by atoms with Crippen molar-refractivity contribution in [3.63, 3.8) is 0 Å². The van der Waals surface area contributed by atoms with Crippen molar-refractivity contribution in [3.05, 3.63) is 29.3 Å². The number of phenolic OH excluding ortho intramolecular Hbond substituents is 1. The van der Waals surface area contributed by atoms with Crippen LogP contribution in [0, 0.1) is 29.1 Å². The summed E-state index contributed by atoms with van der Waals surface area (Å²) in [5.74, 6) is 3.12. The van der Waals surface area contributed by atoms with E-state index in [2.05, 4.69) is 19.9 Å². The first-order valence-corrected chi connectivity index (χ1v) is 11.6. The van der Waals surface area contributed by atoms with Crippen LogP contribution in [0.3, 0.4) is 0 Å². The Bertz CT molecular complexity index is 760. The first kappa shape index (κ1) is 18.9. The fourth-order valence-corrected chi connectivity index (χ4v) is 8.31. The maximum absolute atomic E-state index is 11.9.